The molecule has 0 bridgehead atoms. The van der Waals surface area contributed by atoms with Crippen molar-refractivity contribution in [3.63, 3.8) is 0 Å². The van der Waals surface area contributed by atoms with Crippen molar-refractivity contribution in [2.45, 2.75) is 40.0 Å². The molecule has 1 aliphatic heterocycles. The van der Waals surface area contributed by atoms with Crippen LogP contribution in [-0.2, 0) is 23.9 Å². The number of rotatable bonds is 6. The topological polar surface area (TPSA) is 111 Å². The molecule has 8 heteroatoms. The molecule has 3 atom stereocenters. The first-order valence-electron chi connectivity index (χ1n) is 10.7. The van der Waals surface area contributed by atoms with Gasteiger partial charge >= 0.3 is 11.9 Å². The summed E-state index contributed by atoms with van der Waals surface area (Å²) in [5.41, 5.74) is 2.44. The maximum Gasteiger partial charge on any atom is 0.336 e. The third kappa shape index (κ3) is 4.09. The van der Waals surface area contributed by atoms with E-state index in [1.807, 2.05) is 6.92 Å². The molecule has 0 amide bonds. The van der Waals surface area contributed by atoms with Gasteiger partial charge in [0.15, 0.2) is 17.3 Å². The van der Waals surface area contributed by atoms with Gasteiger partial charge in [0.1, 0.15) is 5.92 Å². The average Bonchev–Trinajstić information content (AvgIpc) is 2.74. The molecule has 0 saturated carbocycles. The van der Waals surface area contributed by atoms with Gasteiger partial charge in [0.25, 0.3) is 0 Å². The second-order valence-electron chi connectivity index (χ2n) is 7.92. The first-order valence-corrected chi connectivity index (χ1v) is 10.7. The third-order valence-corrected chi connectivity index (χ3v) is 5.86. The molecule has 8 nitrogen and oxygen atoms in total. The summed E-state index contributed by atoms with van der Waals surface area (Å²) < 4.78 is 15.7. The molecule has 0 unspecified atom stereocenters. The lowest BCUT2D eigenvalue weighted by Crippen LogP contribution is -2.43. The van der Waals surface area contributed by atoms with Crippen LogP contribution in [0.5, 0.6) is 11.5 Å². The van der Waals surface area contributed by atoms with Crippen molar-refractivity contribution in [2.24, 2.45) is 11.8 Å². The number of carbonyl (C=O) groups is 3. The van der Waals surface area contributed by atoms with Gasteiger partial charge in [-0.2, -0.15) is 0 Å². The number of dihydropyridines is 1. The number of aromatic hydroxyl groups is 1. The fourth-order valence-electron chi connectivity index (χ4n) is 4.47. The minimum absolute atomic E-state index is 0.0480. The molecule has 0 aromatic heterocycles. The smallest absolute Gasteiger partial charge is 0.336 e. The molecule has 1 aromatic carbocycles. The zero-order chi connectivity index (χ0) is 23.6. The van der Waals surface area contributed by atoms with Crippen LogP contribution in [0.15, 0.2) is 40.7 Å². The van der Waals surface area contributed by atoms with Crippen LogP contribution in [-0.4, -0.2) is 43.2 Å². The van der Waals surface area contributed by atoms with E-state index in [1.165, 1.54) is 13.2 Å². The predicted octanol–water partition coefficient (Wildman–Crippen LogP) is 2.97. The molecule has 0 spiro atoms. The highest BCUT2D eigenvalue weighted by Gasteiger charge is 2.47. The number of methoxy groups -OCH3 is 1. The number of benzene rings is 1. The minimum atomic E-state index is -0.964. The van der Waals surface area contributed by atoms with Gasteiger partial charge in [0.2, 0.25) is 0 Å². The van der Waals surface area contributed by atoms with Gasteiger partial charge in [-0.05, 0) is 50.8 Å². The van der Waals surface area contributed by atoms with Crippen LogP contribution in [0.1, 0.15) is 45.6 Å². The van der Waals surface area contributed by atoms with E-state index in [0.29, 0.717) is 35.6 Å². The van der Waals surface area contributed by atoms with Gasteiger partial charge in [0, 0.05) is 22.9 Å². The van der Waals surface area contributed by atoms with Crippen molar-refractivity contribution < 1.29 is 33.7 Å². The number of carbonyl (C=O) groups excluding carboxylic acids is 3. The summed E-state index contributed by atoms with van der Waals surface area (Å²) in [6.45, 7) is 7.58. The number of hydrogen-bond donors (Lipinski definition) is 2. The lowest BCUT2D eigenvalue weighted by molar-refractivity contribution is -0.151. The standard InChI is InChI=1S/C24H29NO7/c1-6-31-17-11-14(8-9-16(17)26)20-19(24(29)32-7-2)13(4)25-15-10-12(3)18(23(28)30-5)22(27)21(15)20/h8-9,11-12,18,20,25-26H,6-7,10H2,1-5H3/t12-,18+,20-/m1/s1. The predicted molar refractivity (Wildman–Crippen MR) is 116 cm³/mol. The van der Waals surface area contributed by atoms with Crippen LogP contribution in [0.3, 0.4) is 0 Å². The summed E-state index contributed by atoms with van der Waals surface area (Å²) in [4.78, 5) is 39.0. The lowest BCUT2D eigenvalue weighted by Gasteiger charge is -2.38. The molecule has 1 aliphatic carbocycles. The largest absolute Gasteiger partial charge is 0.504 e. The van der Waals surface area contributed by atoms with E-state index in [-0.39, 0.29) is 35.4 Å². The van der Waals surface area contributed by atoms with E-state index in [1.54, 1.807) is 32.9 Å². The number of ketones is 1. The Hall–Kier alpha value is -3.29. The normalized spacial score (nSPS) is 22.8. The Kier molecular flexibility index (Phi) is 6.91. The number of phenols is 1. The third-order valence-electron chi connectivity index (χ3n) is 5.86. The highest BCUT2D eigenvalue weighted by Crippen LogP contribution is 2.46. The van der Waals surface area contributed by atoms with Gasteiger partial charge in [-0.3, -0.25) is 9.59 Å². The molecule has 0 saturated heterocycles. The molecule has 0 radical (unpaired) electrons. The maximum absolute atomic E-state index is 13.6. The molecule has 2 aliphatic rings. The molecule has 0 fully saturated rings. The van der Waals surface area contributed by atoms with Crippen LogP contribution in [0.2, 0.25) is 0 Å². The lowest BCUT2D eigenvalue weighted by atomic mass is 9.69. The van der Waals surface area contributed by atoms with Crippen molar-refractivity contribution in [3.05, 3.63) is 46.3 Å². The maximum atomic E-state index is 13.6. The second kappa shape index (κ2) is 9.46. The first kappa shape index (κ1) is 23.4. The molecule has 32 heavy (non-hydrogen) atoms. The van der Waals surface area contributed by atoms with Crippen molar-refractivity contribution in [1.82, 2.24) is 5.32 Å². The monoisotopic (exact) mass is 443 g/mol. The van der Waals surface area contributed by atoms with Crippen molar-refractivity contribution in [2.75, 3.05) is 20.3 Å². The molecular formula is C24H29NO7. The number of ether oxygens (including phenoxy) is 3. The number of nitrogens with one attached hydrogen (secondary N) is 1. The van der Waals surface area contributed by atoms with E-state index >= 15 is 0 Å². The molecule has 1 aromatic rings. The number of esters is 2. The summed E-state index contributed by atoms with van der Waals surface area (Å²) >= 11 is 0. The van der Waals surface area contributed by atoms with E-state index in [2.05, 4.69) is 5.32 Å². The fourth-order valence-corrected chi connectivity index (χ4v) is 4.47. The van der Waals surface area contributed by atoms with Crippen LogP contribution in [0, 0.1) is 11.8 Å². The van der Waals surface area contributed by atoms with Crippen LogP contribution >= 0.6 is 0 Å². The minimum Gasteiger partial charge on any atom is -0.504 e. The number of phenolic OH excluding ortho intramolecular Hbond substituents is 1. The summed E-state index contributed by atoms with van der Waals surface area (Å²) in [6, 6.07) is 4.72. The van der Waals surface area contributed by atoms with Crippen LogP contribution in [0.25, 0.3) is 0 Å². The Bertz CT molecular complexity index is 1010. The van der Waals surface area contributed by atoms with Gasteiger partial charge in [-0.25, -0.2) is 4.79 Å². The van der Waals surface area contributed by atoms with Crippen LogP contribution in [0.4, 0.5) is 0 Å². The molecule has 3 rings (SSSR count). The number of allylic oxidation sites excluding steroid dienone is 3. The Balaban J connectivity index is 2.22. The Morgan fingerprint density at radius 1 is 1.22 bits per heavy atom. The number of Topliss-reactive ketones (excluding diaryl/α,β-unsaturated/α-hetero) is 1. The highest BCUT2D eigenvalue weighted by molar-refractivity contribution is 6.12. The SMILES string of the molecule is CCOC(=O)C1=C(C)NC2=C(C(=O)[C@@H](C(=O)OC)[C@H](C)C2)[C@@H]1c1ccc(O)c(OCC)c1. The van der Waals surface area contributed by atoms with Gasteiger partial charge in [-0.1, -0.05) is 13.0 Å². The van der Waals surface area contributed by atoms with E-state index < -0.39 is 23.8 Å². The summed E-state index contributed by atoms with van der Waals surface area (Å²) in [6.07, 6.45) is 0.446. The Labute approximate surface area is 187 Å². The average molecular weight is 443 g/mol. The van der Waals surface area contributed by atoms with E-state index in [0.717, 1.165) is 0 Å². The van der Waals surface area contributed by atoms with Crippen LogP contribution < -0.4 is 10.1 Å². The first-order chi connectivity index (χ1) is 15.2. The highest BCUT2D eigenvalue weighted by atomic mass is 16.5. The molecule has 172 valence electrons. The number of hydrogen-bond acceptors (Lipinski definition) is 8. The zero-order valence-corrected chi connectivity index (χ0v) is 19.0. The van der Waals surface area contributed by atoms with Crippen molar-refractivity contribution >= 4 is 17.7 Å². The van der Waals surface area contributed by atoms with Crippen molar-refractivity contribution in [3.8, 4) is 11.5 Å². The fraction of sp³-hybridized carbons (Fsp3) is 0.458. The Morgan fingerprint density at radius 3 is 2.56 bits per heavy atom. The van der Waals surface area contributed by atoms with E-state index in [4.69, 9.17) is 14.2 Å². The summed E-state index contributed by atoms with van der Waals surface area (Å²) in [7, 11) is 1.26. The zero-order valence-electron chi connectivity index (χ0n) is 19.0. The second-order valence-corrected chi connectivity index (χ2v) is 7.92. The Morgan fingerprint density at radius 2 is 1.94 bits per heavy atom. The van der Waals surface area contributed by atoms with Gasteiger partial charge in [-0.15, -0.1) is 0 Å². The summed E-state index contributed by atoms with van der Waals surface area (Å²) in [5.74, 6) is -3.36. The molecule has 2 N–H and O–H groups in total. The van der Waals surface area contributed by atoms with E-state index in [9.17, 15) is 19.5 Å². The quantitative estimate of drug-likeness (QED) is 0.510. The van der Waals surface area contributed by atoms with Gasteiger partial charge < -0.3 is 24.6 Å². The van der Waals surface area contributed by atoms with Crippen molar-refractivity contribution in [1.29, 1.82) is 0 Å². The van der Waals surface area contributed by atoms with Gasteiger partial charge in [0.05, 0.1) is 25.9 Å². The molecular weight excluding hydrogens is 414 g/mol. The summed E-state index contributed by atoms with van der Waals surface area (Å²) in [5, 5.41) is 13.4. The molecule has 1 heterocycles.